The number of nitrogens with zero attached hydrogens (tertiary/aromatic N) is 4. The number of ether oxygens (including phenoxy) is 1. The second-order valence-electron chi connectivity index (χ2n) is 9.15. The van der Waals surface area contributed by atoms with Crippen molar-refractivity contribution in [3.63, 3.8) is 0 Å². The maximum atomic E-state index is 13.7. The van der Waals surface area contributed by atoms with E-state index in [1.807, 2.05) is 0 Å². The lowest BCUT2D eigenvalue weighted by molar-refractivity contribution is -0.143. The molecule has 1 aliphatic heterocycles. The lowest BCUT2D eigenvalue weighted by atomic mass is 9.95. The van der Waals surface area contributed by atoms with Gasteiger partial charge in [-0.1, -0.05) is 5.21 Å². The Kier molecular flexibility index (Phi) is 7.47. The fourth-order valence-corrected chi connectivity index (χ4v) is 3.72. The van der Waals surface area contributed by atoms with Crippen LogP contribution in [0.1, 0.15) is 56.2 Å². The number of piperidine rings is 1. The standard InChI is InChI=1S/C22H27F4N5O3/c1-21(2,3)34-20(33)30-12-4-5-14(13-30)10-11-27-19(32)17-18(22(24,25)26)31(29-28-17)16-8-6-15(23)7-9-16/h6-9,14H,4-5,10-13H2,1-3H3,(H,27,32). The SMILES string of the molecule is CC(C)(C)OC(=O)N1CCCC(CCNC(=O)c2nnn(-c3ccc(F)cc3)c2C(F)(F)F)C1. The number of hydrogen-bond donors (Lipinski definition) is 1. The Bertz CT molecular complexity index is 1020. The fraction of sp³-hybridized carbons (Fsp3) is 0.545. The molecule has 2 heterocycles. The monoisotopic (exact) mass is 485 g/mol. The number of aromatic nitrogens is 3. The third-order valence-electron chi connectivity index (χ3n) is 5.23. The molecule has 0 aliphatic carbocycles. The molecule has 0 saturated carbocycles. The third kappa shape index (κ3) is 6.45. The zero-order chi connectivity index (χ0) is 25.1. The molecule has 2 aromatic rings. The molecule has 1 saturated heterocycles. The number of carbonyl (C=O) groups is 2. The van der Waals surface area contributed by atoms with Crippen molar-refractivity contribution in [3.8, 4) is 5.69 Å². The Labute approximate surface area is 194 Å². The van der Waals surface area contributed by atoms with Crippen molar-refractivity contribution < 1.29 is 31.9 Å². The quantitative estimate of drug-likeness (QED) is 0.642. The van der Waals surface area contributed by atoms with E-state index in [1.54, 1.807) is 25.7 Å². The molecule has 0 radical (unpaired) electrons. The van der Waals surface area contributed by atoms with E-state index in [4.69, 9.17) is 4.74 Å². The number of likely N-dealkylation sites (tertiary alicyclic amines) is 1. The highest BCUT2D eigenvalue weighted by atomic mass is 19.4. The van der Waals surface area contributed by atoms with Crippen molar-refractivity contribution in [1.82, 2.24) is 25.2 Å². The van der Waals surface area contributed by atoms with Crippen LogP contribution in [0.15, 0.2) is 24.3 Å². The van der Waals surface area contributed by atoms with Gasteiger partial charge in [0.1, 0.15) is 11.4 Å². The van der Waals surface area contributed by atoms with E-state index in [2.05, 4.69) is 15.6 Å². The van der Waals surface area contributed by atoms with Gasteiger partial charge in [0.05, 0.1) is 5.69 Å². The van der Waals surface area contributed by atoms with Gasteiger partial charge < -0.3 is 15.0 Å². The van der Waals surface area contributed by atoms with E-state index < -0.39 is 41.0 Å². The van der Waals surface area contributed by atoms with Crippen LogP contribution in [0.2, 0.25) is 0 Å². The molecule has 8 nitrogen and oxygen atoms in total. The molecule has 1 fully saturated rings. The number of carbonyl (C=O) groups excluding carboxylic acids is 2. The summed E-state index contributed by atoms with van der Waals surface area (Å²) < 4.78 is 60.1. The van der Waals surface area contributed by atoms with Crippen molar-refractivity contribution in [2.75, 3.05) is 19.6 Å². The van der Waals surface area contributed by atoms with Crippen molar-refractivity contribution >= 4 is 12.0 Å². The lowest BCUT2D eigenvalue weighted by Crippen LogP contribution is -2.43. The molecule has 1 unspecified atom stereocenters. The van der Waals surface area contributed by atoms with Gasteiger partial charge in [-0.25, -0.2) is 13.9 Å². The minimum Gasteiger partial charge on any atom is -0.444 e. The van der Waals surface area contributed by atoms with Crippen molar-refractivity contribution in [3.05, 3.63) is 41.5 Å². The first kappa shape index (κ1) is 25.4. The van der Waals surface area contributed by atoms with E-state index in [0.717, 1.165) is 37.1 Å². The molecule has 1 atom stereocenters. The summed E-state index contributed by atoms with van der Waals surface area (Å²) in [5.74, 6) is -1.57. The second kappa shape index (κ2) is 9.98. The number of nitrogens with one attached hydrogen (secondary N) is 1. The zero-order valence-electron chi connectivity index (χ0n) is 19.2. The van der Waals surface area contributed by atoms with Crippen LogP contribution in [0.3, 0.4) is 0 Å². The first-order chi connectivity index (χ1) is 15.8. The Morgan fingerprint density at radius 1 is 1.18 bits per heavy atom. The summed E-state index contributed by atoms with van der Waals surface area (Å²) in [6, 6.07) is 4.20. The van der Waals surface area contributed by atoms with E-state index >= 15 is 0 Å². The van der Waals surface area contributed by atoms with Gasteiger partial charge in [0.15, 0.2) is 11.4 Å². The topological polar surface area (TPSA) is 89.3 Å². The maximum absolute atomic E-state index is 13.7. The van der Waals surface area contributed by atoms with Crippen molar-refractivity contribution in [2.45, 2.75) is 51.8 Å². The summed E-state index contributed by atoms with van der Waals surface area (Å²) in [5, 5.41) is 9.36. The zero-order valence-corrected chi connectivity index (χ0v) is 19.2. The molecule has 1 N–H and O–H groups in total. The molecule has 0 bridgehead atoms. The van der Waals surface area contributed by atoms with E-state index in [9.17, 15) is 27.2 Å². The highest BCUT2D eigenvalue weighted by molar-refractivity contribution is 5.93. The summed E-state index contributed by atoms with van der Waals surface area (Å²) in [5.41, 5.74) is -2.90. The van der Waals surface area contributed by atoms with Gasteiger partial charge in [0.2, 0.25) is 0 Å². The van der Waals surface area contributed by atoms with Crippen LogP contribution in [0.5, 0.6) is 0 Å². The minimum atomic E-state index is -4.91. The summed E-state index contributed by atoms with van der Waals surface area (Å²) >= 11 is 0. The molecule has 3 rings (SSSR count). The predicted molar refractivity (Wildman–Crippen MR) is 114 cm³/mol. The molecule has 1 aromatic carbocycles. The molecule has 0 spiro atoms. The van der Waals surface area contributed by atoms with Crippen LogP contribution in [0.4, 0.5) is 22.4 Å². The van der Waals surface area contributed by atoms with Crippen LogP contribution < -0.4 is 5.32 Å². The van der Waals surface area contributed by atoms with Crippen molar-refractivity contribution in [1.29, 1.82) is 0 Å². The maximum Gasteiger partial charge on any atom is 0.435 e. The van der Waals surface area contributed by atoms with E-state index in [-0.39, 0.29) is 18.2 Å². The number of benzene rings is 1. The van der Waals surface area contributed by atoms with Gasteiger partial charge in [-0.15, -0.1) is 5.10 Å². The molecular formula is C22H27F4N5O3. The molecule has 12 heteroatoms. The summed E-state index contributed by atoms with van der Waals surface area (Å²) in [6.07, 6.45) is -3.26. The normalized spacial score (nSPS) is 16.9. The van der Waals surface area contributed by atoms with Gasteiger partial charge in [-0.3, -0.25) is 4.79 Å². The number of amides is 2. The van der Waals surface area contributed by atoms with E-state index in [0.29, 0.717) is 24.2 Å². The van der Waals surface area contributed by atoms with Crippen LogP contribution in [0, 0.1) is 11.7 Å². The highest BCUT2D eigenvalue weighted by Crippen LogP contribution is 2.32. The third-order valence-corrected chi connectivity index (χ3v) is 5.23. The van der Waals surface area contributed by atoms with Crippen molar-refractivity contribution in [2.24, 2.45) is 5.92 Å². The second-order valence-corrected chi connectivity index (χ2v) is 9.15. The highest BCUT2D eigenvalue weighted by Gasteiger charge is 2.42. The van der Waals surface area contributed by atoms with Crippen LogP contribution in [-0.4, -0.2) is 57.1 Å². The predicted octanol–water partition coefficient (Wildman–Crippen LogP) is 4.19. The average molecular weight is 485 g/mol. The fourth-order valence-electron chi connectivity index (χ4n) is 3.72. The molecule has 34 heavy (non-hydrogen) atoms. The summed E-state index contributed by atoms with van der Waals surface area (Å²) in [4.78, 5) is 26.4. The lowest BCUT2D eigenvalue weighted by Gasteiger charge is -2.34. The van der Waals surface area contributed by atoms with Gasteiger partial charge in [0, 0.05) is 19.6 Å². The molecule has 1 aliphatic rings. The number of alkyl halides is 3. The van der Waals surface area contributed by atoms with Crippen LogP contribution in [0.25, 0.3) is 5.69 Å². The van der Waals surface area contributed by atoms with Crippen LogP contribution in [-0.2, 0) is 10.9 Å². The molecular weight excluding hydrogens is 458 g/mol. The number of halogens is 4. The van der Waals surface area contributed by atoms with Gasteiger partial charge in [0.25, 0.3) is 5.91 Å². The Hall–Kier alpha value is -3.18. The van der Waals surface area contributed by atoms with Gasteiger partial charge in [-0.2, -0.15) is 13.2 Å². The number of rotatable bonds is 5. The Balaban J connectivity index is 1.63. The minimum absolute atomic E-state index is 0.0681. The Morgan fingerprint density at radius 2 is 1.85 bits per heavy atom. The summed E-state index contributed by atoms with van der Waals surface area (Å²) in [7, 11) is 0. The summed E-state index contributed by atoms with van der Waals surface area (Å²) in [6.45, 7) is 6.46. The molecule has 1 aromatic heterocycles. The largest absolute Gasteiger partial charge is 0.444 e. The average Bonchev–Trinajstić information content (AvgIpc) is 3.19. The van der Waals surface area contributed by atoms with Crippen LogP contribution >= 0.6 is 0 Å². The number of hydrogen-bond acceptors (Lipinski definition) is 5. The first-order valence-corrected chi connectivity index (χ1v) is 10.9. The smallest absolute Gasteiger partial charge is 0.435 e. The molecule has 2 amide bonds. The van der Waals surface area contributed by atoms with E-state index in [1.165, 1.54) is 0 Å². The van der Waals surface area contributed by atoms with Gasteiger partial charge in [-0.05, 0) is 70.2 Å². The van der Waals surface area contributed by atoms with Gasteiger partial charge >= 0.3 is 12.3 Å². The first-order valence-electron chi connectivity index (χ1n) is 10.9. The molecule has 186 valence electrons. The Morgan fingerprint density at radius 3 is 2.47 bits per heavy atom.